The molecule has 1 aromatic carbocycles. The van der Waals surface area contributed by atoms with Crippen molar-refractivity contribution in [2.24, 2.45) is 0 Å². The molecule has 128 valence electrons. The number of aryl methyl sites for hydroxylation is 1. The van der Waals surface area contributed by atoms with Crippen molar-refractivity contribution in [3.8, 4) is 0 Å². The van der Waals surface area contributed by atoms with Gasteiger partial charge in [-0.3, -0.25) is 14.0 Å². The highest BCUT2D eigenvalue weighted by Gasteiger charge is 2.17. The minimum atomic E-state index is -0.438. The van der Waals surface area contributed by atoms with Crippen molar-refractivity contribution in [2.45, 2.75) is 19.8 Å². The fraction of sp³-hybridized carbons (Fsp3) is 0.278. The van der Waals surface area contributed by atoms with Crippen molar-refractivity contribution in [1.29, 1.82) is 0 Å². The second-order valence-corrected chi connectivity index (χ2v) is 7.06. The number of carbonyl (C=O) groups excluding carboxylic acids is 1. The number of hydrogen-bond acceptors (Lipinski definition) is 5. The Labute approximate surface area is 148 Å². The first kappa shape index (κ1) is 15.8. The maximum Gasteiger partial charge on any atom is 0.271 e. The third-order valence-electron chi connectivity index (χ3n) is 4.49. The SMILES string of the molecule is Cc1cc(NC(=O)c2cnc3sccn3c2=O)ccc1N1CCCC1. The maximum atomic E-state index is 12.5. The molecule has 0 aliphatic carbocycles. The predicted octanol–water partition coefficient (Wildman–Crippen LogP) is 2.92. The van der Waals surface area contributed by atoms with Gasteiger partial charge >= 0.3 is 0 Å². The van der Waals surface area contributed by atoms with Gasteiger partial charge in [-0.05, 0) is 43.5 Å². The fourth-order valence-corrected chi connectivity index (χ4v) is 3.90. The van der Waals surface area contributed by atoms with E-state index in [0.29, 0.717) is 10.6 Å². The molecule has 6 nitrogen and oxygen atoms in total. The minimum Gasteiger partial charge on any atom is -0.371 e. The van der Waals surface area contributed by atoms with Crippen molar-refractivity contribution in [3.63, 3.8) is 0 Å². The van der Waals surface area contributed by atoms with Gasteiger partial charge in [0.25, 0.3) is 11.5 Å². The molecule has 3 heterocycles. The third-order valence-corrected chi connectivity index (χ3v) is 5.26. The number of rotatable bonds is 3. The van der Waals surface area contributed by atoms with Crippen LogP contribution in [0.25, 0.3) is 4.96 Å². The minimum absolute atomic E-state index is 0.0390. The van der Waals surface area contributed by atoms with E-state index in [0.717, 1.165) is 18.7 Å². The van der Waals surface area contributed by atoms with Crippen molar-refractivity contribution >= 4 is 33.6 Å². The molecular formula is C18H18N4O2S. The molecule has 0 atom stereocenters. The van der Waals surface area contributed by atoms with Crippen LogP contribution in [0.15, 0.2) is 40.8 Å². The number of carbonyl (C=O) groups is 1. The molecule has 1 N–H and O–H groups in total. The van der Waals surface area contributed by atoms with Crippen molar-refractivity contribution < 1.29 is 4.79 Å². The van der Waals surface area contributed by atoms with E-state index in [-0.39, 0.29) is 11.1 Å². The molecule has 25 heavy (non-hydrogen) atoms. The van der Waals surface area contributed by atoms with Gasteiger partial charge in [0.05, 0.1) is 0 Å². The Bertz CT molecular complexity index is 1000. The van der Waals surface area contributed by atoms with Crippen LogP contribution in [0.4, 0.5) is 11.4 Å². The molecule has 0 spiro atoms. The molecular weight excluding hydrogens is 336 g/mol. The van der Waals surface area contributed by atoms with Gasteiger partial charge in [0.2, 0.25) is 0 Å². The number of fused-ring (bicyclic) bond motifs is 1. The van der Waals surface area contributed by atoms with Gasteiger partial charge in [-0.15, -0.1) is 11.3 Å². The molecule has 1 aliphatic rings. The number of benzene rings is 1. The Morgan fingerprint density at radius 1 is 1.28 bits per heavy atom. The first-order chi connectivity index (χ1) is 12.1. The third kappa shape index (κ3) is 2.91. The summed E-state index contributed by atoms with van der Waals surface area (Å²) in [6.45, 7) is 4.20. The van der Waals surface area contributed by atoms with Crippen LogP contribution in [0, 0.1) is 6.92 Å². The molecule has 3 aromatic rings. The highest BCUT2D eigenvalue weighted by Crippen LogP contribution is 2.26. The quantitative estimate of drug-likeness (QED) is 0.785. The molecule has 7 heteroatoms. The summed E-state index contributed by atoms with van der Waals surface area (Å²) in [7, 11) is 0. The van der Waals surface area contributed by atoms with E-state index >= 15 is 0 Å². The molecule has 0 radical (unpaired) electrons. The zero-order valence-corrected chi connectivity index (χ0v) is 14.7. The normalized spacial score (nSPS) is 14.2. The van der Waals surface area contributed by atoms with Gasteiger partial charge in [-0.2, -0.15) is 0 Å². The average Bonchev–Trinajstić information content (AvgIpc) is 3.27. The topological polar surface area (TPSA) is 66.7 Å². The van der Waals surface area contributed by atoms with Gasteiger partial charge in [-0.25, -0.2) is 4.98 Å². The Morgan fingerprint density at radius 2 is 2.08 bits per heavy atom. The second-order valence-electron chi connectivity index (χ2n) is 6.18. The van der Waals surface area contributed by atoms with Gasteiger partial charge in [-0.1, -0.05) is 0 Å². The average molecular weight is 354 g/mol. The van der Waals surface area contributed by atoms with E-state index < -0.39 is 5.91 Å². The van der Waals surface area contributed by atoms with Crippen LogP contribution in [-0.4, -0.2) is 28.4 Å². The predicted molar refractivity (Wildman–Crippen MR) is 99.9 cm³/mol. The molecule has 1 fully saturated rings. The van der Waals surface area contributed by atoms with Crippen LogP contribution in [0.1, 0.15) is 28.8 Å². The summed E-state index contributed by atoms with van der Waals surface area (Å²) >= 11 is 1.36. The summed E-state index contributed by atoms with van der Waals surface area (Å²) in [5.41, 5.74) is 2.69. The zero-order valence-electron chi connectivity index (χ0n) is 13.9. The Hall–Kier alpha value is -2.67. The number of hydrogen-bond donors (Lipinski definition) is 1. The highest BCUT2D eigenvalue weighted by atomic mass is 32.1. The Morgan fingerprint density at radius 3 is 2.84 bits per heavy atom. The zero-order chi connectivity index (χ0) is 17.4. The number of aromatic nitrogens is 2. The molecule has 1 saturated heterocycles. The lowest BCUT2D eigenvalue weighted by molar-refractivity contribution is 0.102. The van der Waals surface area contributed by atoms with Gasteiger partial charge in [0, 0.05) is 42.2 Å². The van der Waals surface area contributed by atoms with Crippen molar-refractivity contribution in [3.05, 3.63) is 57.5 Å². The first-order valence-electron chi connectivity index (χ1n) is 8.25. The van der Waals surface area contributed by atoms with E-state index in [1.807, 2.05) is 25.1 Å². The lowest BCUT2D eigenvalue weighted by Gasteiger charge is -2.20. The molecule has 1 amide bonds. The summed E-state index contributed by atoms with van der Waals surface area (Å²) < 4.78 is 1.39. The van der Waals surface area contributed by atoms with E-state index in [1.165, 1.54) is 40.5 Å². The Kier molecular flexibility index (Phi) is 4.01. The lowest BCUT2D eigenvalue weighted by Crippen LogP contribution is -2.26. The number of anilines is 2. The molecule has 2 aromatic heterocycles. The standard InChI is InChI=1S/C18H18N4O2S/c1-12-10-13(4-5-15(12)21-6-2-3-7-21)20-16(23)14-11-19-18-22(17(14)24)8-9-25-18/h4-5,8-11H,2-3,6-7H2,1H3,(H,20,23). The smallest absolute Gasteiger partial charge is 0.271 e. The first-order valence-corrected chi connectivity index (χ1v) is 9.13. The summed E-state index contributed by atoms with van der Waals surface area (Å²) in [5.74, 6) is -0.438. The van der Waals surface area contributed by atoms with Crippen LogP contribution >= 0.6 is 11.3 Å². The van der Waals surface area contributed by atoms with Gasteiger partial charge in [0.15, 0.2) is 4.96 Å². The summed E-state index contributed by atoms with van der Waals surface area (Å²) in [6, 6.07) is 5.86. The highest BCUT2D eigenvalue weighted by molar-refractivity contribution is 7.15. The molecule has 0 saturated carbocycles. The number of thiazole rings is 1. The summed E-state index contributed by atoms with van der Waals surface area (Å²) in [6.07, 6.45) is 5.41. The van der Waals surface area contributed by atoms with Crippen molar-refractivity contribution in [2.75, 3.05) is 23.3 Å². The van der Waals surface area contributed by atoms with E-state index in [4.69, 9.17) is 0 Å². The van der Waals surface area contributed by atoms with Gasteiger partial charge in [0.1, 0.15) is 5.56 Å². The van der Waals surface area contributed by atoms with Crippen LogP contribution in [0.3, 0.4) is 0 Å². The van der Waals surface area contributed by atoms with E-state index in [9.17, 15) is 9.59 Å². The molecule has 0 bridgehead atoms. The number of nitrogens with zero attached hydrogens (tertiary/aromatic N) is 3. The fourth-order valence-electron chi connectivity index (χ4n) is 3.22. The van der Waals surface area contributed by atoms with Gasteiger partial charge < -0.3 is 10.2 Å². The van der Waals surface area contributed by atoms with Crippen LogP contribution in [0.2, 0.25) is 0 Å². The number of amides is 1. The maximum absolute atomic E-state index is 12.5. The van der Waals surface area contributed by atoms with Crippen LogP contribution in [0.5, 0.6) is 0 Å². The summed E-state index contributed by atoms with van der Waals surface area (Å²) in [4.78, 5) is 32.0. The monoisotopic (exact) mass is 354 g/mol. The van der Waals surface area contributed by atoms with Crippen LogP contribution < -0.4 is 15.8 Å². The second kappa shape index (κ2) is 6.33. The Balaban J connectivity index is 1.58. The number of nitrogens with one attached hydrogen (secondary N) is 1. The molecule has 0 unspecified atom stereocenters. The van der Waals surface area contributed by atoms with Crippen molar-refractivity contribution in [1.82, 2.24) is 9.38 Å². The summed E-state index contributed by atoms with van der Waals surface area (Å²) in [5, 5.41) is 4.58. The van der Waals surface area contributed by atoms with Crippen LogP contribution in [-0.2, 0) is 0 Å². The van der Waals surface area contributed by atoms with E-state index in [1.54, 1.807) is 11.6 Å². The molecule has 4 rings (SSSR count). The lowest BCUT2D eigenvalue weighted by atomic mass is 10.1. The largest absolute Gasteiger partial charge is 0.371 e. The van der Waals surface area contributed by atoms with E-state index in [2.05, 4.69) is 15.2 Å². The molecule has 1 aliphatic heterocycles.